The third-order valence-corrected chi connectivity index (χ3v) is 7.23. The summed E-state index contributed by atoms with van der Waals surface area (Å²) in [5, 5.41) is 12.3. The van der Waals surface area contributed by atoms with Crippen LogP contribution in [0.5, 0.6) is 0 Å². The first-order chi connectivity index (χ1) is 19.8. The van der Waals surface area contributed by atoms with Crippen LogP contribution >= 0.6 is 23.2 Å². The molecule has 0 saturated carbocycles. The molecule has 0 bridgehead atoms. The van der Waals surface area contributed by atoms with Gasteiger partial charge in [0.05, 0.1) is 20.0 Å². The van der Waals surface area contributed by atoms with Gasteiger partial charge in [0.15, 0.2) is 0 Å². The van der Waals surface area contributed by atoms with Crippen LogP contribution in [0.2, 0.25) is 10.0 Å². The maximum Gasteiger partial charge on any atom is 1.00 e. The van der Waals surface area contributed by atoms with Crippen LogP contribution in [0.3, 0.4) is 0 Å². The van der Waals surface area contributed by atoms with Crippen molar-refractivity contribution in [1.29, 1.82) is 0 Å². The summed E-state index contributed by atoms with van der Waals surface area (Å²) in [5.41, 5.74) is 7.81. The van der Waals surface area contributed by atoms with Crippen LogP contribution in [0.25, 0.3) is 44.1 Å². The number of H-pyrrole nitrogens is 2. The zero-order chi connectivity index (χ0) is 28.9. The SMILES string of the molecule is COC(=O)Cc1c[nH]c2ccc(-c3cccc(Cl)c3)cc12.O=C(O)Cc1c[nH]c2ccc(-c3cccc(Cl)c3)cc12.[K+].[OH-]. The second-order valence-electron chi connectivity index (χ2n) is 9.49. The fourth-order valence-corrected chi connectivity index (χ4v) is 5.12. The van der Waals surface area contributed by atoms with E-state index in [2.05, 4.69) is 16.0 Å². The number of carboxylic acid groups (broad SMARTS) is 1. The Morgan fingerprint density at radius 3 is 1.56 bits per heavy atom. The number of benzene rings is 4. The Bertz CT molecular complexity index is 1880. The molecule has 0 fully saturated rings. The normalized spacial score (nSPS) is 10.3. The molecule has 10 heteroatoms. The molecule has 214 valence electrons. The number of methoxy groups -OCH3 is 1. The van der Waals surface area contributed by atoms with Crippen molar-refractivity contribution in [1.82, 2.24) is 9.97 Å². The molecule has 0 saturated heterocycles. The van der Waals surface area contributed by atoms with Gasteiger partial charge in [-0.25, -0.2) is 0 Å². The number of fused-ring (bicyclic) bond motifs is 2. The Morgan fingerprint density at radius 2 is 1.14 bits per heavy atom. The Kier molecular flexibility index (Phi) is 12.6. The van der Waals surface area contributed by atoms with Crippen LogP contribution in [0.15, 0.2) is 97.3 Å². The molecule has 7 nitrogen and oxygen atoms in total. The minimum atomic E-state index is -0.834. The van der Waals surface area contributed by atoms with Crippen LogP contribution < -0.4 is 51.4 Å². The van der Waals surface area contributed by atoms with E-state index in [1.807, 2.05) is 85.1 Å². The second-order valence-corrected chi connectivity index (χ2v) is 10.4. The summed E-state index contributed by atoms with van der Waals surface area (Å²) in [6, 6.07) is 27.4. The van der Waals surface area contributed by atoms with Gasteiger partial charge in [0.2, 0.25) is 0 Å². The minimum Gasteiger partial charge on any atom is -0.870 e. The van der Waals surface area contributed by atoms with E-state index in [-0.39, 0.29) is 75.7 Å². The van der Waals surface area contributed by atoms with Gasteiger partial charge in [-0.05, 0) is 81.9 Å². The van der Waals surface area contributed by atoms with Crippen molar-refractivity contribution < 1.29 is 76.3 Å². The molecule has 0 aliphatic heterocycles. The van der Waals surface area contributed by atoms with Crippen molar-refractivity contribution in [3.05, 3.63) is 118 Å². The molecule has 6 rings (SSSR count). The molecule has 0 amide bonds. The van der Waals surface area contributed by atoms with Crippen LogP contribution in [0.1, 0.15) is 11.1 Å². The summed E-state index contributed by atoms with van der Waals surface area (Å²) in [5.74, 6) is -1.08. The molecule has 0 spiro atoms. The maximum absolute atomic E-state index is 11.5. The average molecular weight is 642 g/mol. The number of carboxylic acids is 1. The average Bonchev–Trinajstić information content (AvgIpc) is 3.56. The molecule has 0 unspecified atom stereocenters. The number of aliphatic carboxylic acids is 1. The number of hydrogen-bond acceptors (Lipinski definition) is 4. The number of nitrogens with one attached hydrogen (secondary N) is 2. The number of carbonyl (C=O) groups excluding carboxylic acids is 1. The standard InChI is InChI=1S/C17H14ClNO2.C16H12ClNO2.K.H2O/c1-21-17(20)9-13-10-19-16-6-5-12(8-15(13)16)11-3-2-4-14(18)7-11;17-13-3-1-2-10(6-13)11-4-5-15-14(7-11)12(9-18-15)8-16(19)20;;/h2-8,10,19H,9H2,1H3;1-7,9,18H,8H2,(H,19,20);;1H2/q;;+1;/p-1. The number of halogens is 2. The Hall–Kier alpha value is -2.92. The van der Waals surface area contributed by atoms with Crippen molar-refractivity contribution in [3.8, 4) is 22.3 Å². The first kappa shape index (κ1) is 34.6. The topological polar surface area (TPSA) is 125 Å². The van der Waals surface area contributed by atoms with Crippen LogP contribution in [0.4, 0.5) is 0 Å². The quantitative estimate of drug-likeness (QED) is 0.172. The molecule has 43 heavy (non-hydrogen) atoms. The van der Waals surface area contributed by atoms with Crippen molar-refractivity contribution in [2.75, 3.05) is 7.11 Å². The molecule has 0 radical (unpaired) electrons. The molecular formula is C33H27Cl2KN2O5. The predicted octanol–water partition coefficient (Wildman–Crippen LogP) is 5.15. The number of rotatable bonds is 6. The molecule has 4 N–H and O–H groups in total. The fraction of sp³-hybridized carbons (Fsp3) is 0.0909. The second kappa shape index (κ2) is 15.7. The molecular weight excluding hydrogens is 614 g/mol. The van der Waals surface area contributed by atoms with E-state index in [1.165, 1.54) is 7.11 Å². The van der Waals surface area contributed by atoms with Crippen molar-refractivity contribution >= 4 is 56.9 Å². The van der Waals surface area contributed by atoms with Crippen LogP contribution in [-0.2, 0) is 27.2 Å². The first-order valence-electron chi connectivity index (χ1n) is 12.8. The molecule has 6 aromatic rings. The minimum absolute atomic E-state index is 0. The van der Waals surface area contributed by atoms with Gasteiger partial charge in [0.1, 0.15) is 0 Å². The van der Waals surface area contributed by atoms with Gasteiger partial charge in [0.25, 0.3) is 0 Å². The monoisotopic (exact) mass is 640 g/mol. The summed E-state index contributed by atoms with van der Waals surface area (Å²) >= 11 is 12.1. The third-order valence-electron chi connectivity index (χ3n) is 6.75. The zero-order valence-electron chi connectivity index (χ0n) is 23.5. The number of carbonyl (C=O) groups is 2. The summed E-state index contributed by atoms with van der Waals surface area (Å²) < 4.78 is 4.73. The van der Waals surface area contributed by atoms with E-state index in [0.29, 0.717) is 10.0 Å². The smallest absolute Gasteiger partial charge is 0.870 e. The summed E-state index contributed by atoms with van der Waals surface area (Å²) in [6.45, 7) is 0. The molecule has 0 atom stereocenters. The van der Waals surface area contributed by atoms with E-state index in [4.69, 9.17) is 33.0 Å². The van der Waals surface area contributed by atoms with Gasteiger partial charge in [-0.3, -0.25) is 9.59 Å². The third kappa shape index (κ3) is 8.59. The maximum atomic E-state index is 11.5. The van der Waals surface area contributed by atoms with E-state index >= 15 is 0 Å². The van der Waals surface area contributed by atoms with E-state index in [9.17, 15) is 9.59 Å². The predicted molar refractivity (Wildman–Crippen MR) is 166 cm³/mol. The molecule has 0 aliphatic rings. The van der Waals surface area contributed by atoms with E-state index in [1.54, 1.807) is 6.20 Å². The number of aromatic nitrogens is 2. The Morgan fingerprint density at radius 1 is 0.698 bits per heavy atom. The number of aromatic amines is 2. The van der Waals surface area contributed by atoms with Crippen molar-refractivity contribution in [2.45, 2.75) is 12.8 Å². The molecule has 2 aromatic heterocycles. The Labute approximate surface area is 300 Å². The van der Waals surface area contributed by atoms with Gasteiger partial charge >= 0.3 is 63.3 Å². The van der Waals surface area contributed by atoms with Gasteiger partial charge in [-0.2, -0.15) is 0 Å². The van der Waals surface area contributed by atoms with Crippen LogP contribution in [-0.4, -0.2) is 39.6 Å². The zero-order valence-corrected chi connectivity index (χ0v) is 28.2. The van der Waals surface area contributed by atoms with Gasteiger partial charge < -0.3 is 25.3 Å². The van der Waals surface area contributed by atoms with Crippen molar-refractivity contribution in [3.63, 3.8) is 0 Å². The largest absolute Gasteiger partial charge is 1.00 e. The fourth-order valence-electron chi connectivity index (χ4n) is 4.74. The molecule has 4 aromatic carbocycles. The number of esters is 1. The van der Waals surface area contributed by atoms with Gasteiger partial charge in [0, 0.05) is 44.2 Å². The summed E-state index contributed by atoms with van der Waals surface area (Å²) in [4.78, 5) is 28.6. The molecule has 0 aliphatic carbocycles. The Balaban J connectivity index is 0.000000225. The first-order valence-corrected chi connectivity index (χ1v) is 13.6. The van der Waals surface area contributed by atoms with Gasteiger partial charge in [-0.1, -0.05) is 59.6 Å². The van der Waals surface area contributed by atoms with Crippen molar-refractivity contribution in [2.24, 2.45) is 0 Å². The van der Waals surface area contributed by atoms with E-state index in [0.717, 1.165) is 55.2 Å². The summed E-state index contributed by atoms with van der Waals surface area (Å²) in [7, 11) is 1.40. The molecule has 2 heterocycles. The summed E-state index contributed by atoms with van der Waals surface area (Å²) in [6.07, 6.45) is 3.87. The number of ether oxygens (including phenoxy) is 1. The van der Waals surface area contributed by atoms with Gasteiger partial charge in [-0.15, -0.1) is 0 Å². The van der Waals surface area contributed by atoms with E-state index < -0.39 is 5.97 Å². The number of hydrogen-bond donors (Lipinski definition) is 3. The van der Waals surface area contributed by atoms with Crippen LogP contribution in [0, 0.1) is 0 Å².